The van der Waals surface area contributed by atoms with Crippen LogP contribution in [0.3, 0.4) is 0 Å². The molecule has 1 aliphatic heterocycles. The molecule has 0 bridgehead atoms. The van der Waals surface area contributed by atoms with Crippen molar-refractivity contribution in [2.45, 2.75) is 69.6 Å². The van der Waals surface area contributed by atoms with Crippen molar-refractivity contribution in [1.82, 2.24) is 4.90 Å². The average molecular weight is 820 g/mol. The average Bonchev–Trinajstić information content (AvgIpc) is 3.26. The lowest BCUT2D eigenvalue weighted by Crippen LogP contribution is -2.69. The normalized spacial score (nSPS) is 23.4. The Bertz CT molecular complexity index is 2220. The highest BCUT2D eigenvalue weighted by Crippen LogP contribution is 2.62. The van der Waals surface area contributed by atoms with Gasteiger partial charge in [0.25, 0.3) is 5.69 Å². The zero-order valence-electron chi connectivity index (χ0n) is 34.1. The standard InChI is InChI=1S/C47H53N3O10/c1-4-26-56-47-43(49(3)46(53)59-35-20-17-34(18-21-35)50(54)55)30-41(48-57-5-2)39-28-33(14-8-10-24-51)38(15-9-11-25-52)44(45(39)47)40-29-37(22-23-42(40)60-47)58-36-19-16-31-12-6-7-13-32(31)27-36/h4,6-7,12-13,16-23,27-29,33,38,43-45,51-52H,1,5,8-11,14-15,24-26,30H2,2-3H3. The molecular formula is C47H53N3O10. The number of likely N-dealkylation sites (N-methyl/N-ethyl adjacent to an activating group) is 1. The SMILES string of the molecule is C=CCOC12Oc3ccc(Oc4ccc5ccccc5c4)cc3C3C(CCCCO)C(CCCCO)C=C(C(=NOCC)CC1N(C)C(=O)Oc1ccc([N+](=O)[O-])cc1)C32. The van der Waals surface area contributed by atoms with Gasteiger partial charge in [0, 0.05) is 50.3 Å². The fourth-order valence-corrected chi connectivity index (χ4v) is 9.24. The van der Waals surface area contributed by atoms with Crippen molar-refractivity contribution in [3.63, 3.8) is 0 Å². The van der Waals surface area contributed by atoms with Gasteiger partial charge < -0.3 is 38.9 Å². The number of amides is 1. The first-order valence-corrected chi connectivity index (χ1v) is 20.8. The Kier molecular flexibility index (Phi) is 13.5. The van der Waals surface area contributed by atoms with E-state index in [4.69, 9.17) is 23.8 Å². The van der Waals surface area contributed by atoms with E-state index in [-0.39, 0.29) is 55.4 Å². The third kappa shape index (κ3) is 8.74. The van der Waals surface area contributed by atoms with E-state index in [2.05, 4.69) is 36.0 Å². The predicted molar refractivity (Wildman–Crippen MR) is 227 cm³/mol. The Hall–Kier alpha value is -5.76. The molecule has 1 fully saturated rings. The number of nitro groups is 1. The second kappa shape index (κ2) is 19.1. The molecule has 13 heteroatoms. The third-order valence-corrected chi connectivity index (χ3v) is 11.9. The number of oxime groups is 1. The van der Waals surface area contributed by atoms with Gasteiger partial charge in [0.2, 0.25) is 5.79 Å². The minimum Gasteiger partial charge on any atom is -0.459 e. The van der Waals surface area contributed by atoms with Crippen LogP contribution in [-0.2, 0) is 9.57 Å². The van der Waals surface area contributed by atoms with Crippen molar-refractivity contribution >= 4 is 28.3 Å². The topological polar surface area (TPSA) is 162 Å². The number of carbonyl (C=O) groups is 1. The van der Waals surface area contributed by atoms with Crippen molar-refractivity contribution in [3.8, 4) is 23.0 Å². The van der Waals surface area contributed by atoms with E-state index in [1.807, 2.05) is 49.4 Å². The molecule has 1 amide bonds. The van der Waals surface area contributed by atoms with Crippen LogP contribution in [-0.4, -0.2) is 77.1 Å². The third-order valence-electron chi connectivity index (χ3n) is 11.9. The highest BCUT2D eigenvalue weighted by Gasteiger charge is 2.65. The molecule has 4 aromatic carbocycles. The van der Waals surface area contributed by atoms with Crippen molar-refractivity contribution < 1.29 is 43.7 Å². The van der Waals surface area contributed by atoms with Crippen LogP contribution < -0.4 is 14.2 Å². The molecule has 316 valence electrons. The maximum atomic E-state index is 14.2. The quantitative estimate of drug-likeness (QED) is 0.0428. The Balaban J connectivity index is 1.37. The number of rotatable bonds is 18. The van der Waals surface area contributed by atoms with Gasteiger partial charge in [0.1, 0.15) is 35.6 Å². The maximum Gasteiger partial charge on any atom is 0.415 e. The lowest BCUT2D eigenvalue weighted by molar-refractivity contribution is -0.384. The first-order valence-electron chi connectivity index (χ1n) is 20.8. The number of nitro benzene ring substituents is 1. The van der Waals surface area contributed by atoms with E-state index in [1.165, 1.54) is 29.2 Å². The molecule has 7 rings (SSSR count). The molecular weight excluding hydrogens is 767 g/mol. The largest absolute Gasteiger partial charge is 0.459 e. The number of aliphatic hydroxyl groups excluding tert-OH is 2. The van der Waals surface area contributed by atoms with Gasteiger partial charge in [-0.3, -0.25) is 10.1 Å². The Morgan fingerprint density at radius 2 is 1.67 bits per heavy atom. The maximum absolute atomic E-state index is 14.2. The zero-order valence-corrected chi connectivity index (χ0v) is 34.1. The first kappa shape index (κ1) is 42.4. The number of hydrogen-bond donors (Lipinski definition) is 2. The summed E-state index contributed by atoms with van der Waals surface area (Å²) >= 11 is 0. The number of carbonyl (C=O) groups excluding carboxylic acids is 1. The molecule has 0 radical (unpaired) electrons. The van der Waals surface area contributed by atoms with Crippen LogP contribution >= 0.6 is 0 Å². The lowest BCUT2D eigenvalue weighted by Gasteiger charge is -2.59. The second-order valence-corrected chi connectivity index (χ2v) is 15.5. The molecule has 4 aromatic rings. The summed E-state index contributed by atoms with van der Waals surface area (Å²) in [5.74, 6) is -0.0973. The van der Waals surface area contributed by atoms with Gasteiger partial charge >= 0.3 is 6.09 Å². The number of unbranched alkanes of at least 4 members (excludes halogenated alkanes) is 2. The van der Waals surface area contributed by atoms with E-state index >= 15 is 0 Å². The van der Waals surface area contributed by atoms with Crippen molar-refractivity contribution in [3.05, 3.63) is 125 Å². The Labute approximate surface area is 350 Å². The van der Waals surface area contributed by atoms with Gasteiger partial charge in [-0.1, -0.05) is 60.5 Å². The summed E-state index contributed by atoms with van der Waals surface area (Å²) in [6, 6.07) is 24.5. The molecule has 0 saturated heterocycles. The van der Waals surface area contributed by atoms with Crippen molar-refractivity contribution in [2.24, 2.45) is 22.9 Å². The summed E-state index contributed by atoms with van der Waals surface area (Å²) in [5.41, 5.74) is 2.36. The van der Waals surface area contributed by atoms with Crippen LogP contribution in [0.15, 0.2) is 114 Å². The molecule has 2 aliphatic carbocycles. The van der Waals surface area contributed by atoms with Gasteiger partial charge in [-0.15, -0.1) is 6.58 Å². The summed E-state index contributed by atoms with van der Waals surface area (Å²) in [4.78, 5) is 32.2. The number of ether oxygens (including phenoxy) is 4. The van der Waals surface area contributed by atoms with Gasteiger partial charge in [-0.05, 0) is 103 Å². The number of non-ortho nitro benzene ring substituents is 1. The fourth-order valence-electron chi connectivity index (χ4n) is 9.24. The summed E-state index contributed by atoms with van der Waals surface area (Å²) < 4.78 is 26.5. The van der Waals surface area contributed by atoms with Crippen molar-refractivity contribution in [1.29, 1.82) is 0 Å². The van der Waals surface area contributed by atoms with E-state index in [1.54, 1.807) is 13.1 Å². The molecule has 1 heterocycles. The first-order chi connectivity index (χ1) is 29.2. The van der Waals surface area contributed by atoms with E-state index in [9.17, 15) is 25.1 Å². The van der Waals surface area contributed by atoms with Crippen LogP contribution in [0, 0.1) is 27.9 Å². The van der Waals surface area contributed by atoms with E-state index in [0.717, 1.165) is 47.6 Å². The number of allylic oxidation sites excluding steroid dienone is 1. The smallest absolute Gasteiger partial charge is 0.415 e. The van der Waals surface area contributed by atoms with Crippen LogP contribution in [0.5, 0.6) is 23.0 Å². The molecule has 2 N–H and O–H groups in total. The second-order valence-electron chi connectivity index (χ2n) is 15.5. The number of fused-ring (bicyclic) bond motifs is 3. The molecule has 1 saturated carbocycles. The molecule has 0 aromatic heterocycles. The highest BCUT2D eigenvalue weighted by molar-refractivity contribution is 6.03. The summed E-state index contributed by atoms with van der Waals surface area (Å²) in [6.45, 7) is 6.42. The van der Waals surface area contributed by atoms with Crippen LogP contribution in [0.25, 0.3) is 10.8 Å². The fraction of sp³-hybridized carbons (Fsp3) is 0.404. The monoisotopic (exact) mass is 819 g/mol. The predicted octanol–water partition coefficient (Wildman–Crippen LogP) is 9.32. The van der Waals surface area contributed by atoms with Gasteiger partial charge in [0.05, 0.1) is 23.2 Å². The van der Waals surface area contributed by atoms with Gasteiger partial charge in [-0.25, -0.2) is 4.79 Å². The van der Waals surface area contributed by atoms with Crippen LogP contribution in [0.1, 0.15) is 63.4 Å². The van der Waals surface area contributed by atoms with Crippen LogP contribution in [0.4, 0.5) is 10.5 Å². The molecule has 3 aliphatic rings. The van der Waals surface area contributed by atoms with Crippen molar-refractivity contribution in [2.75, 3.05) is 33.5 Å². The van der Waals surface area contributed by atoms with E-state index in [0.29, 0.717) is 42.4 Å². The van der Waals surface area contributed by atoms with Gasteiger partial charge in [0.15, 0.2) is 0 Å². The Morgan fingerprint density at radius 1 is 0.967 bits per heavy atom. The summed E-state index contributed by atoms with van der Waals surface area (Å²) in [7, 11) is 1.62. The van der Waals surface area contributed by atoms with E-state index < -0.39 is 28.8 Å². The number of nitrogens with zero attached hydrogens (tertiary/aromatic N) is 3. The highest BCUT2D eigenvalue weighted by atomic mass is 16.7. The summed E-state index contributed by atoms with van der Waals surface area (Å²) in [5, 5.41) is 37.9. The molecule has 6 unspecified atom stereocenters. The molecule has 60 heavy (non-hydrogen) atoms. The Morgan fingerprint density at radius 3 is 2.38 bits per heavy atom. The number of aliphatic hydroxyl groups is 2. The number of benzene rings is 4. The van der Waals surface area contributed by atoms with Gasteiger partial charge in [-0.2, -0.15) is 0 Å². The lowest BCUT2D eigenvalue weighted by atomic mass is 9.55. The molecule has 6 atom stereocenters. The minimum absolute atomic E-state index is 0.0266. The molecule has 0 spiro atoms. The zero-order chi connectivity index (χ0) is 42.2. The number of hydrogen-bond acceptors (Lipinski definition) is 11. The summed E-state index contributed by atoms with van der Waals surface area (Å²) in [6.07, 6.45) is 7.88. The minimum atomic E-state index is -1.47. The molecule has 13 nitrogen and oxygen atoms in total. The van der Waals surface area contributed by atoms with Crippen LogP contribution in [0.2, 0.25) is 0 Å².